The number of benzene rings is 1. The molecule has 2 aromatic rings. The van der Waals surface area contributed by atoms with Crippen LogP contribution in [0.3, 0.4) is 0 Å². The van der Waals surface area contributed by atoms with Crippen molar-refractivity contribution in [3.05, 3.63) is 52.1 Å². The van der Waals surface area contributed by atoms with Gasteiger partial charge < -0.3 is 15.0 Å². The molecule has 0 fully saturated rings. The van der Waals surface area contributed by atoms with Gasteiger partial charge in [-0.2, -0.15) is 0 Å². The van der Waals surface area contributed by atoms with Crippen molar-refractivity contribution in [2.24, 2.45) is 0 Å². The molecular weight excluding hydrogens is 286 g/mol. The van der Waals surface area contributed by atoms with E-state index in [1.54, 1.807) is 0 Å². The molecule has 1 amide bonds. The highest BCUT2D eigenvalue weighted by atomic mass is 16.5. The van der Waals surface area contributed by atoms with Crippen molar-refractivity contribution >= 4 is 11.9 Å². The first-order valence-corrected chi connectivity index (χ1v) is 6.53. The van der Waals surface area contributed by atoms with E-state index < -0.39 is 17.4 Å². The SMILES string of the molecule is COC(=O)CNC(=O)c1nc(-c2ccc(C)cc2)c[nH]c1=O. The molecule has 7 nitrogen and oxygen atoms in total. The van der Waals surface area contributed by atoms with Crippen molar-refractivity contribution in [3.8, 4) is 11.3 Å². The summed E-state index contributed by atoms with van der Waals surface area (Å²) in [5, 5.41) is 2.28. The van der Waals surface area contributed by atoms with E-state index in [-0.39, 0.29) is 12.2 Å². The summed E-state index contributed by atoms with van der Waals surface area (Å²) in [5.41, 5.74) is 1.39. The second-order valence-corrected chi connectivity index (χ2v) is 4.59. The molecule has 0 spiro atoms. The Morgan fingerprint density at radius 2 is 1.95 bits per heavy atom. The van der Waals surface area contributed by atoms with Gasteiger partial charge in [0.15, 0.2) is 5.69 Å². The standard InChI is InChI=1S/C15H15N3O4/c1-9-3-5-10(6-4-9)11-7-16-14(20)13(18-11)15(21)17-8-12(19)22-2/h3-7H,8H2,1-2H3,(H,16,20)(H,17,21). The van der Waals surface area contributed by atoms with E-state index in [0.29, 0.717) is 5.69 Å². The number of amides is 1. The predicted molar refractivity (Wildman–Crippen MR) is 79.4 cm³/mol. The molecule has 2 N–H and O–H groups in total. The molecule has 0 saturated heterocycles. The summed E-state index contributed by atoms with van der Waals surface area (Å²) in [6.45, 7) is 1.63. The number of aromatic amines is 1. The molecule has 1 aromatic heterocycles. The first-order chi connectivity index (χ1) is 10.5. The Bertz CT molecular complexity index is 750. The van der Waals surface area contributed by atoms with Crippen molar-refractivity contribution < 1.29 is 14.3 Å². The summed E-state index contributed by atoms with van der Waals surface area (Å²) in [6.07, 6.45) is 1.43. The summed E-state index contributed by atoms with van der Waals surface area (Å²) in [6, 6.07) is 7.48. The maximum absolute atomic E-state index is 11.9. The number of carbonyl (C=O) groups is 2. The second kappa shape index (κ2) is 6.66. The number of carbonyl (C=O) groups excluding carboxylic acids is 2. The Morgan fingerprint density at radius 1 is 1.27 bits per heavy atom. The fraction of sp³-hybridized carbons (Fsp3) is 0.200. The number of aromatic nitrogens is 2. The normalized spacial score (nSPS) is 10.1. The Hall–Kier alpha value is -2.96. The maximum Gasteiger partial charge on any atom is 0.325 e. The average Bonchev–Trinajstić information content (AvgIpc) is 2.53. The minimum atomic E-state index is -0.736. The second-order valence-electron chi connectivity index (χ2n) is 4.59. The van der Waals surface area contributed by atoms with Gasteiger partial charge >= 0.3 is 5.97 Å². The van der Waals surface area contributed by atoms with E-state index in [0.717, 1.165) is 11.1 Å². The first kappa shape index (κ1) is 15.4. The van der Waals surface area contributed by atoms with Crippen LogP contribution in [0.1, 0.15) is 16.1 Å². The largest absolute Gasteiger partial charge is 0.468 e. The van der Waals surface area contributed by atoms with Crippen LogP contribution in [-0.4, -0.2) is 35.5 Å². The molecule has 0 saturated carbocycles. The molecular formula is C15H15N3O4. The van der Waals surface area contributed by atoms with Crippen LogP contribution in [0, 0.1) is 6.92 Å². The zero-order valence-corrected chi connectivity index (χ0v) is 12.2. The molecule has 1 aromatic carbocycles. The van der Waals surface area contributed by atoms with Gasteiger partial charge in [0.1, 0.15) is 6.54 Å². The summed E-state index contributed by atoms with van der Waals surface area (Å²) >= 11 is 0. The van der Waals surface area contributed by atoms with Gasteiger partial charge in [-0.1, -0.05) is 29.8 Å². The summed E-state index contributed by atoms with van der Waals surface area (Å²) in [4.78, 5) is 41.2. The van der Waals surface area contributed by atoms with Crippen molar-refractivity contribution in [1.82, 2.24) is 15.3 Å². The van der Waals surface area contributed by atoms with Gasteiger partial charge in [-0.15, -0.1) is 0 Å². The zero-order valence-electron chi connectivity index (χ0n) is 12.2. The topological polar surface area (TPSA) is 101 Å². The fourth-order valence-electron chi connectivity index (χ4n) is 1.74. The number of nitrogens with one attached hydrogen (secondary N) is 2. The lowest BCUT2D eigenvalue weighted by Gasteiger charge is -2.05. The van der Waals surface area contributed by atoms with Gasteiger partial charge in [-0.3, -0.25) is 14.4 Å². The van der Waals surface area contributed by atoms with Crippen molar-refractivity contribution in [1.29, 1.82) is 0 Å². The minimum Gasteiger partial charge on any atom is -0.468 e. The molecule has 7 heteroatoms. The van der Waals surface area contributed by atoms with Gasteiger partial charge in [0, 0.05) is 11.8 Å². The van der Waals surface area contributed by atoms with Crippen LogP contribution in [-0.2, 0) is 9.53 Å². The number of aryl methyl sites for hydroxylation is 1. The van der Waals surface area contributed by atoms with E-state index in [1.807, 2.05) is 31.2 Å². The zero-order chi connectivity index (χ0) is 16.1. The summed E-state index contributed by atoms with van der Waals surface area (Å²) < 4.78 is 4.41. The third kappa shape index (κ3) is 3.57. The maximum atomic E-state index is 11.9. The van der Waals surface area contributed by atoms with E-state index in [1.165, 1.54) is 13.3 Å². The van der Waals surface area contributed by atoms with E-state index >= 15 is 0 Å². The van der Waals surface area contributed by atoms with Gasteiger partial charge in [-0.05, 0) is 6.92 Å². The van der Waals surface area contributed by atoms with Crippen LogP contribution in [0.25, 0.3) is 11.3 Å². The van der Waals surface area contributed by atoms with Crippen LogP contribution >= 0.6 is 0 Å². The number of rotatable bonds is 4. The Balaban J connectivity index is 2.27. The highest BCUT2D eigenvalue weighted by Crippen LogP contribution is 2.15. The first-order valence-electron chi connectivity index (χ1n) is 6.53. The van der Waals surface area contributed by atoms with Crippen LogP contribution < -0.4 is 10.9 Å². The summed E-state index contributed by atoms with van der Waals surface area (Å²) in [7, 11) is 1.21. The van der Waals surface area contributed by atoms with Crippen LogP contribution in [0.5, 0.6) is 0 Å². The Morgan fingerprint density at radius 3 is 2.59 bits per heavy atom. The lowest BCUT2D eigenvalue weighted by Crippen LogP contribution is -2.34. The van der Waals surface area contributed by atoms with E-state index in [4.69, 9.17) is 0 Å². The van der Waals surface area contributed by atoms with E-state index in [2.05, 4.69) is 20.0 Å². The summed E-state index contributed by atoms with van der Waals surface area (Å²) in [5.74, 6) is -1.35. The highest BCUT2D eigenvalue weighted by Gasteiger charge is 2.15. The van der Waals surface area contributed by atoms with Gasteiger partial charge in [0.25, 0.3) is 11.5 Å². The molecule has 0 aliphatic carbocycles. The quantitative estimate of drug-likeness (QED) is 0.807. The lowest BCUT2D eigenvalue weighted by molar-refractivity contribution is -0.139. The number of H-pyrrole nitrogens is 1. The van der Waals surface area contributed by atoms with Crippen LogP contribution in [0.2, 0.25) is 0 Å². The number of nitrogens with zero attached hydrogens (tertiary/aromatic N) is 1. The molecule has 22 heavy (non-hydrogen) atoms. The molecule has 0 bridgehead atoms. The van der Waals surface area contributed by atoms with Crippen LogP contribution in [0.4, 0.5) is 0 Å². The van der Waals surface area contributed by atoms with Crippen molar-refractivity contribution in [2.45, 2.75) is 6.92 Å². The molecule has 0 aliphatic rings. The van der Waals surface area contributed by atoms with Gasteiger partial charge in [0.05, 0.1) is 12.8 Å². The molecule has 114 valence electrons. The smallest absolute Gasteiger partial charge is 0.325 e. The molecule has 2 rings (SSSR count). The number of ether oxygens (including phenoxy) is 1. The Labute approximate surface area is 126 Å². The average molecular weight is 301 g/mol. The molecule has 1 heterocycles. The Kier molecular flexibility index (Phi) is 4.67. The molecule has 0 atom stereocenters. The third-order valence-corrected chi connectivity index (χ3v) is 2.97. The lowest BCUT2D eigenvalue weighted by atomic mass is 10.1. The van der Waals surface area contributed by atoms with Gasteiger partial charge in [-0.25, -0.2) is 4.98 Å². The highest BCUT2D eigenvalue weighted by molar-refractivity contribution is 5.94. The van der Waals surface area contributed by atoms with Gasteiger partial charge in [0.2, 0.25) is 0 Å². The van der Waals surface area contributed by atoms with E-state index in [9.17, 15) is 14.4 Å². The number of methoxy groups -OCH3 is 1. The predicted octanol–water partition coefficient (Wildman–Crippen LogP) is 0.648. The molecule has 0 radical (unpaired) electrons. The monoisotopic (exact) mass is 301 g/mol. The number of esters is 1. The third-order valence-electron chi connectivity index (χ3n) is 2.97. The fourth-order valence-corrected chi connectivity index (χ4v) is 1.74. The number of hydrogen-bond donors (Lipinski definition) is 2. The molecule has 0 unspecified atom stereocenters. The van der Waals surface area contributed by atoms with Crippen molar-refractivity contribution in [3.63, 3.8) is 0 Å². The minimum absolute atomic E-state index is 0.304. The molecule has 0 aliphatic heterocycles. The number of hydrogen-bond acceptors (Lipinski definition) is 5. The van der Waals surface area contributed by atoms with Crippen LogP contribution in [0.15, 0.2) is 35.3 Å². The van der Waals surface area contributed by atoms with Crippen molar-refractivity contribution in [2.75, 3.05) is 13.7 Å².